The van der Waals surface area contributed by atoms with Gasteiger partial charge >= 0.3 is 0 Å². The van der Waals surface area contributed by atoms with Crippen molar-refractivity contribution in [3.05, 3.63) is 77.0 Å². The van der Waals surface area contributed by atoms with E-state index in [9.17, 15) is 14.9 Å². The van der Waals surface area contributed by atoms with Crippen LogP contribution in [-0.2, 0) is 15.0 Å². The van der Waals surface area contributed by atoms with Crippen molar-refractivity contribution >= 4 is 23.1 Å². The Hall–Kier alpha value is -3.92. The van der Waals surface area contributed by atoms with Gasteiger partial charge < -0.3 is 10.6 Å². The van der Waals surface area contributed by atoms with Crippen LogP contribution < -0.4 is 15.5 Å². The largest absolute Gasteiger partial charge is 0.384 e. The fourth-order valence-corrected chi connectivity index (χ4v) is 5.35. The van der Waals surface area contributed by atoms with Gasteiger partial charge in [0.1, 0.15) is 17.3 Å². The van der Waals surface area contributed by atoms with Gasteiger partial charge in [0.25, 0.3) is 0 Å². The number of hydrogen-bond donors (Lipinski definition) is 1. The van der Waals surface area contributed by atoms with Crippen LogP contribution in [0, 0.1) is 11.3 Å². The van der Waals surface area contributed by atoms with Gasteiger partial charge in [0.2, 0.25) is 5.91 Å². The number of nitrogens with two attached hydrogens (primary N) is 1. The summed E-state index contributed by atoms with van der Waals surface area (Å²) in [7, 11) is 0. The van der Waals surface area contributed by atoms with E-state index in [4.69, 9.17) is 5.73 Å². The average Bonchev–Trinajstić information content (AvgIpc) is 3.04. The molecule has 0 saturated carbocycles. The fourth-order valence-electron chi connectivity index (χ4n) is 5.35. The van der Waals surface area contributed by atoms with Gasteiger partial charge in [-0.2, -0.15) is 5.26 Å². The Labute approximate surface area is 186 Å². The summed E-state index contributed by atoms with van der Waals surface area (Å²) in [6, 6.07) is 13.3. The molecule has 1 aromatic heterocycles. The third-order valence-corrected chi connectivity index (χ3v) is 6.53. The van der Waals surface area contributed by atoms with Crippen LogP contribution in [0.2, 0.25) is 0 Å². The third kappa shape index (κ3) is 2.43. The number of ketones is 1. The lowest BCUT2D eigenvalue weighted by atomic mass is 9.64. The summed E-state index contributed by atoms with van der Waals surface area (Å²) in [6.45, 7) is 2.50. The first kappa shape index (κ1) is 20.0. The van der Waals surface area contributed by atoms with Crippen LogP contribution in [0.25, 0.3) is 0 Å². The second kappa shape index (κ2) is 7.34. The molecule has 1 spiro atoms. The van der Waals surface area contributed by atoms with Crippen LogP contribution in [0.3, 0.4) is 0 Å². The summed E-state index contributed by atoms with van der Waals surface area (Å²) in [5, 5.41) is 10.4. The predicted octanol–water partition coefficient (Wildman–Crippen LogP) is 3.30. The molecule has 7 nitrogen and oxygen atoms in total. The molecule has 2 aromatic rings. The Kier molecular flexibility index (Phi) is 4.59. The first-order valence-corrected chi connectivity index (χ1v) is 10.9. The molecule has 1 aliphatic carbocycles. The van der Waals surface area contributed by atoms with Crippen LogP contribution in [0.5, 0.6) is 0 Å². The van der Waals surface area contributed by atoms with Crippen molar-refractivity contribution in [2.45, 2.75) is 38.0 Å². The SMILES string of the molecule is CCCN1C(=O)[C@]2(C(C#N)=C(N)N(c3cccnc3)C3=C2C(=O)CCC3)c2ccccc21. The smallest absolute Gasteiger partial charge is 0.247 e. The Morgan fingerprint density at radius 1 is 1.19 bits per heavy atom. The molecule has 7 heteroatoms. The van der Waals surface area contributed by atoms with Crippen LogP contribution in [-0.4, -0.2) is 23.2 Å². The minimum Gasteiger partial charge on any atom is -0.384 e. The van der Waals surface area contributed by atoms with Crippen molar-refractivity contribution in [3.63, 3.8) is 0 Å². The molecule has 5 rings (SSSR count). The Morgan fingerprint density at radius 3 is 2.72 bits per heavy atom. The van der Waals surface area contributed by atoms with Crippen LogP contribution in [0.15, 0.2) is 71.5 Å². The van der Waals surface area contributed by atoms with Crippen molar-refractivity contribution in [3.8, 4) is 6.07 Å². The van der Waals surface area contributed by atoms with E-state index < -0.39 is 5.41 Å². The molecule has 160 valence electrons. The first-order valence-electron chi connectivity index (χ1n) is 10.9. The highest BCUT2D eigenvalue weighted by molar-refractivity contribution is 6.20. The van der Waals surface area contributed by atoms with E-state index in [0.717, 1.165) is 12.1 Å². The minimum atomic E-state index is -1.50. The molecular formula is C25H23N5O2. The van der Waals surface area contributed by atoms with Gasteiger partial charge in [0.05, 0.1) is 17.5 Å². The molecular weight excluding hydrogens is 402 g/mol. The van der Waals surface area contributed by atoms with E-state index in [2.05, 4.69) is 11.1 Å². The van der Waals surface area contributed by atoms with Crippen molar-refractivity contribution in [1.82, 2.24) is 4.98 Å². The fraction of sp³-hybridized carbons (Fsp3) is 0.280. The number of carbonyl (C=O) groups is 2. The molecule has 1 aromatic carbocycles. The number of anilines is 2. The highest BCUT2D eigenvalue weighted by Crippen LogP contribution is 2.56. The molecule has 3 heterocycles. The van der Waals surface area contributed by atoms with Crippen LogP contribution >= 0.6 is 0 Å². The molecule has 3 aliphatic rings. The van der Waals surface area contributed by atoms with E-state index in [1.165, 1.54) is 0 Å². The number of rotatable bonds is 3. The second-order valence-electron chi connectivity index (χ2n) is 8.24. The standard InChI is InChI=1S/C25H23N5O2/c1-2-13-29-19-9-4-3-8-17(19)25(24(29)32)18(14-26)23(27)30(16-7-6-12-28-15-16)20-10-5-11-21(31)22(20)25/h3-4,6-9,12,15H,2,5,10-11,13,27H2,1H3/t25-/m0/s1. The molecule has 32 heavy (non-hydrogen) atoms. The number of Topliss-reactive ketones (excluding diaryl/α,β-unsaturated/α-hetero) is 1. The summed E-state index contributed by atoms with van der Waals surface area (Å²) < 4.78 is 0. The zero-order chi connectivity index (χ0) is 22.5. The van der Waals surface area contributed by atoms with Gasteiger partial charge in [0.15, 0.2) is 5.78 Å². The molecule has 0 radical (unpaired) electrons. The van der Waals surface area contributed by atoms with Crippen molar-refractivity contribution in [2.24, 2.45) is 5.73 Å². The van der Waals surface area contributed by atoms with Gasteiger partial charge in [0, 0.05) is 41.7 Å². The Balaban J connectivity index is 1.88. The quantitative estimate of drug-likeness (QED) is 0.809. The number of fused-ring (bicyclic) bond motifs is 3. The number of benzene rings is 1. The zero-order valence-electron chi connectivity index (χ0n) is 17.8. The molecule has 0 unspecified atom stereocenters. The van der Waals surface area contributed by atoms with Gasteiger partial charge in [-0.05, 0) is 37.5 Å². The lowest BCUT2D eigenvalue weighted by Gasteiger charge is -2.43. The first-order chi connectivity index (χ1) is 15.6. The van der Waals surface area contributed by atoms with E-state index in [0.29, 0.717) is 48.3 Å². The monoisotopic (exact) mass is 425 g/mol. The van der Waals surface area contributed by atoms with Crippen LogP contribution in [0.1, 0.15) is 38.2 Å². The van der Waals surface area contributed by atoms with Gasteiger partial charge in [-0.25, -0.2) is 0 Å². The molecule has 0 bridgehead atoms. The topological polar surface area (TPSA) is 103 Å². The van der Waals surface area contributed by atoms with Crippen molar-refractivity contribution < 1.29 is 9.59 Å². The zero-order valence-corrected chi connectivity index (χ0v) is 17.8. The Bertz CT molecular complexity index is 1240. The lowest BCUT2D eigenvalue weighted by Crippen LogP contribution is -2.52. The van der Waals surface area contributed by atoms with Crippen LogP contribution in [0.4, 0.5) is 11.4 Å². The maximum Gasteiger partial charge on any atom is 0.247 e. The molecule has 0 fully saturated rings. The number of pyridine rings is 1. The minimum absolute atomic E-state index is 0.103. The molecule has 1 amide bonds. The number of para-hydroxylation sites is 1. The molecule has 0 saturated heterocycles. The summed E-state index contributed by atoms with van der Waals surface area (Å²) in [6.07, 6.45) is 5.63. The lowest BCUT2D eigenvalue weighted by molar-refractivity contribution is -0.124. The third-order valence-electron chi connectivity index (χ3n) is 6.53. The van der Waals surface area contributed by atoms with E-state index in [1.54, 1.807) is 28.3 Å². The van der Waals surface area contributed by atoms with Crippen molar-refractivity contribution in [2.75, 3.05) is 16.3 Å². The summed E-state index contributed by atoms with van der Waals surface area (Å²) in [5.74, 6) is -0.203. The number of aromatic nitrogens is 1. The number of carbonyl (C=O) groups excluding carboxylic acids is 2. The Morgan fingerprint density at radius 2 is 2.00 bits per heavy atom. The van der Waals surface area contributed by atoms with Crippen molar-refractivity contribution in [1.29, 1.82) is 5.26 Å². The summed E-state index contributed by atoms with van der Waals surface area (Å²) in [5.41, 5.74) is 8.38. The number of allylic oxidation sites excluding steroid dienone is 1. The van der Waals surface area contributed by atoms with E-state index in [-0.39, 0.29) is 23.1 Å². The second-order valence-corrected chi connectivity index (χ2v) is 8.24. The maximum absolute atomic E-state index is 14.2. The van der Waals surface area contributed by atoms with Gasteiger partial charge in [-0.15, -0.1) is 0 Å². The van der Waals surface area contributed by atoms with E-state index in [1.807, 2.05) is 37.3 Å². The highest BCUT2D eigenvalue weighted by Gasteiger charge is 2.62. The maximum atomic E-state index is 14.2. The number of hydrogen-bond acceptors (Lipinski definition) is 6. The molecule has 2 aliphatic heterocycles. The van der Waals surface area contributed by atoms with E-state index >= 15 is 0 Å². The number of nitriles is 1. The average molecular weight is 425 g/mol. The summed E-state index contributed by atoms with van der Waals surface area (Å²) in [4.78, 5) is 35.3. The number of amides is 1. The predicted molar refractivity (Wildman–Crippen MR) is 120 cm³/mol. The van der Waals surface area contributed by atoms with Gasteiger partial charge in [-0.1, -0.05) is 25.1 Å². The summed E-state index contributed by atoms with van der Waals surface area (Å²) >= 11 is 0. The number of nitrogens with zero attached hydrogens (tertiary/aromatic N) is 4. The highest BCUT2D eigenvalue weighted by atomic mass is 16.2. The molecule has 1 atom stereocenters. The van der Waals surface area contributed by atoms with Gasteiger partial charge in [-0.3, -0.25) is 19.5 Å². The normalized spacial score (nSPS) is 22.4. The molecule has 2 N–H and O–H groups in total.